The number of rotatable bonds is 8. The predicted octanol–water partition coefficient (Wildman–Crippen LogP) is 2.32. The van der Waals surface area contributed by atoms with E-state index in [1.165, 1.54) is 24.0 Å². The zero-order valence-corrected chi connectivity index (χ0v) is 11.3. The first-order chi connectivity index (χ1) is 8.83. The van der Waals surface area contributed by atoms with E-state index in [1.807, 2.05) is 0 Å². The number of hydrogen-bond acceptors (Lipinski definition) is 3. The molecule has 1 aliphatic rings. The summed E-state index contributed by atoms with van der Waals surface area (Å²) in [6.45, 7) is 2.34. The molecular formula is C15H23NO2. The third-order valence-electron chi connectivity index (χ3n) is 3.39. The van der Waals surface area contributed by atoms with Crippen molar-refractivity contribution in [1.82, 2.24) is 5.32 Å². The van der Waals surface area contributed by atoms with Gasteiger partial charge < -0.3 is 14.8 Å². The third kappa shape index (κ3) is 4.09. The lowest BCUT2D eigenvalue weighted by atomic mass is 10.1. The van der Waals surface area contributed by atoms with Gasteiger partial charge in [-0.15, -0.1) is 0 Å². The van der Waals surface area contributed by atoms with Crippen LogP contribution in [0.4, 0.5) is 0 Å². The molecule has 0 bridgehead atoms. The normalized spacial score (nSPS) is 16.8. The van der Waals surface area contributed by atoms with Crippen molar-refractivity contribution in [2.75, 3.05) is 27.4 Å². The minimum atomic E-state index is 0.126. The van der Waals surface area contributed by atoms with Crippen LogP contribution in [0.5, 0.6) is 0 Å². The fourth-order valence-electron chi connectivity index (χ4n) is 2.15. The van der Waals surface area contributed by atoms with Crippen LogP contribution in [0.15, 0.2) is 24.3 Å². The first-order valence-electron chi connectivity index (χ1n) is 6.64. The molecule has 1 saturated carbocycles. The Labute approximate surface area is 109 Å². The van der Waals surface area contributed by atoms with Crippen molar-refractivity contribution in [2.45, 2.75) is 31.4 Å². The third-order valence-corrected chi connectivity index (χ3v) is 3.39. The smallest absolute Gasteiger partial charge is 0.0928 e. The van der Waals surface area contributed by atoms with E-state index >= 15 is 0 Å². The molecule has 3 heteroatoms. The van der Waals surface area contributed by atoms with E-state index in [4.69, 9.17) is 9.47 Å². The zero-order chi connectivity index (χ0) is 12.8. The summed E-state index contributed by atoms with van der Waals surface area (Å²) in [4.78, 5) is 0. The monoisotopic (exact) mass is 249 g/mol. The van der Waals surface area contributed by atoms with Crippen LogP contribution in [-0.4, -0.2) is 33.5 Å². The van der Waals surface area contributed by atoms with Crippen LogP contribution >= 0.6 is 0 Å². The molecule has 0 saturated heterocycles. The second-order valence-corrected chi connectivity index (χ2v) is 4.96. The molecule has 3 nitrogen and oxygen atoms in total. The first-order valence-corrected chi connectivity index (χ1v) is 6.64. The number of methoxy groups -OCH3 is 2. The van der Waals surface area contributed by atoms with Gasteiger partial charge in [0, 0.05) is 27.3 Å². The maximum Gasteiger partial charge on any atom is 0.0928 e. The van der Waals surface area contributed by atoms with Crippen molar-refractivity contribution in [1.29, 1.82) is 0 Å². The maximum atomic E-state index is 5.31. The van der Waals surface area contributed by atoms with E-state index in [9.17, 15) is 0 Å². The van der Waals surface area contributed by atoms with Crippen LogP contribution in [0.1, 0.15) is 29.9 Å². The summed E-state index contributed by atoms with van der Waals surface area (Å²) in [6, 6.07) is 8.90. The molecule has 18 heavy (non-hydrogen) atoms. The molecule has 1 atom stereocenters. The average Bonchev–Trinajstić information content (AvgIpc) is 3.22. The molecule has 2 rings (SSSR count). The maximum absolute atomic E-state index is 5.31. The van der Waals surface area contributed by atoms with E-state index < -0.39 is 0 Å². The molecule has 0 heterocycles. The average molecular weight is 249 g/mol. The molecular weight excluding hydrogens is 226 g/mol. The van der Waals surface area contributed by atoms with Gasteiger partial charge in [-0.2, -0.15) is 0 Å². The number of benzene rings is 1. The Bertz CT molecular complexity index is 363. The molecule has 0 spiro atoms. The highest BCUT2D eigenvalue weighted by molar-refractivity contribution is 5.29. The molecule has 1 fully saturated rings. The van der Waals surface area contributed by atoms with Crippen LogP contribution in [0.3, 0.4) is 0 Å². The largest absolute Gasteiger partial charge is 0.382 e. The Balaban J connectivity index is 1.77. The van der Waals surface area contributed by atoms with Gasteiger partial charge in [0.15, 0.2) is 0 Å². The van der Waals surface area contributed by atoms with Crippen LogP contribution in [-0.2, 0) is 16.0 Å². The molecule has 0 aliphatic heterocycles. The Kier molecular flexibility index (Phi) is 5.17. The van der Waals surface area contributed by atoms with Crippen molar-refractivity contribution in [3.8, 4) is 0 Å². The lowest BCUT2D eigenvalue weighted by molar-refractivity contribution is 0.0288. The Morgan fingerprint density at radius 3 is 2.83 bits per heavy atom. The SMILES string of the molecule is COCC(CNCc1cccc(C2CC2)c1)OC. The lowest BCUT2D eigenvalue weighted by Crippen LogP contribution is -2.31. The Morgan fingerprint density at radius 2 is 2.17 bits per heavy atom. The molecule has 1 aromatic rings. The van der Waals surface area contributed by atoms with E-state index in [1.54, 1.807) is 14.2 Å². The molecule has 1 N–H and O–H groups in total. The number of ether oxygens (including phenoxy) is 2. The molecule has 1 unspecified atom stereocenters. The standard InChI is InChI=1S/C15H23NO2/c1-17-11-15(18-2)10-16-9-12-4-3-5-14(8-12)13-6-7-13/h3-5,8,13,15-16H,6-7,9-11H2,1-2H3. The summed E-state index contributed by atoms with van der Waals surface area (Å²) in [5.74, 6) is 0.824. The lowest BCUT2D eigenvalue weighted by Gasteiger charge is -2.15. The second kappa shape index (κ2) is 6.88. The van der Waals surface area contributed by atoms with Crippen LogP contribution < -0.4 is 5.32 Å². The highest BCUT2D eigenvalue weighted by Crippen LogP contribution is 2.40. The van der Waals surface area contributed by atoms with E-state index in [0.717, 1.165) is 19.0 Å². The van der Waals surface area contributed by atoms with E-state index in [2.05, 4.69) is 29.6 Å². The molecule has 1 aromatic carbocycles. The molecule has 0 aromatic heterocycles. The molecule has 100 valence electrons. The van der Waals surface area contributed by atoms with Crippen molar-refractivity contribution in [3.63, 3.8) is 0 Å². The van der Waals surface area contributed by atoms with Crippen molar-refractivity contribution in [2.24, 2.45) is 0 Å². The highest BCUT2D eigenvalue weighted by Gasteiger charge is 2.23. The second-order valence-electron chi connectivity index (χ2n) is 4.96. The van der Waals surface area contributed by atoms with Crippen LogP contribution in [0, 0.1) is 0 Å². The van der Waals surface area contributed by atoms with Gasteiger partial charge in [-0.05, 0) is 29.9 Å². The first kappa shape index (κ1) is 13.5. The molecule has 0 radical (unpaired) electrons. The minimum Gasteiger partial charge on any atom is -0.382 e. The van der Waals surface area contributed by atoms with Crippen LogP contribution in [0.2, 0.25) is 0 Å². The van der Waals surface area contributed by atoms with Gasteiger partial charge in [0.05, 0.1) is 12.7 Å². The van der Waals surface area contributed by atoms with E-state index in [-0.39, 0.29) is 6.10 Å². The summed E-state index contributed by atoms with van der Waals surface area (Å²) in [7, 11) is 3.42. The van der Waals surface area contributed by atoms with Crippen molar-refractivity contribution >= 4 is 0 Å². The van der Waals surface area contributed by atoms with Gasteiger partial charge in [-0.25, -0.2) is 0 Å². The molecule has 0 amide bonds. The van der Waals surface area contributed by atoms with Gasteiger partial charge in [-0.1, -0.05) is 24.3 Å². The van der Waals surface area contributed by atoms with Gasteiger partial charge in [0.25, 0.3) is 0 Å². The predicted molar refractivity (Wildman–Crippen MR) is 72.8 cm³/mol. The summed E-state index contributed by atoms with van der Waals surface area (Å²) >= 11 is 0. The topological polar surface area (TPSA) is 30.5 Å². The van der Waals surface area contributed by atoms with Gasteiger partial charge >= 0.3 is 0 Å². The van der Waals surface area contributed by atoms with E-state index in [0.29, 0.717) is 6.61 Å². The highest BCUT2D eigenvalue weighted by atomic mass is 16.5. The van der Waals surface area contributed by atoms with Crippen molar-refractivity contribution < 1.29 is 9.47 Å². The number of nitrogens with one attached hydrogen (secondary N) is 1. The van der Waals surface area contributed by atoms with Crippen LogP contribution in [0.25, 0.3) is 0 Å². The molecule has 1 aliphatic carbocycles. The van der Waals surface area contributed by atoms with Crippen molar-refractivity contribution in [3.05, 3.63) is 35.4 Å². The summed E-state index contributed by atoms with van der Waals surface area (Å²) in [5.41, 5.74) is 2.85. The summed E-state index contributed by atoms with van der Waals surface area (Å²) in [5, 5.41) is 3.42. The fraction of sp³-hybridized carbons (Fsp3) is 0.600. The summed E-state index contributed by atoms with van der Waals surface area (Å²) < 4.78 is 10.4. The Morgan fingerprint density at radius 1 is 1.33 bits per heavy atom. The Hall–Kier alpha value is -0.900. The number of hydrogen-bond donors (Lipinski definition) is 1. The minimum absolute atomic E-state index is 0.126. The quantitative estimate of drug-likeness (QED) is 0.767. The van der Waals surface area contributed by atoms with Gasteiger partial charge in [0.2, 0.25) is 0 Å². The van der Waals surface area contributed by atoms with Gasteiger partial charge in [-0.3, -0.25) is 0 Å². The summed E-state index contributed by atoms with van der Waals surface area (Å²) in [6.07, 6.45) is 2.84. The van der Waals surface area contributed by atoms with Gasteiger partial charge in [0.1, 0.15) is 0 Å². The fourth-order valence-corrected chi connectivity index (χ4v) is 2.15. The zero-order valence-electron chi connectivity index (χ0n) is 11.3.